The minimum atomic E-state index is 0.00424. The molecule has 0 amide bonds. The molecule has 2 unspecified atom stereocenters. The van der Waals surface area contributed by atoms with E-state index < -0.39 is 0 Å². The molecular formula is C12H23NO. The number of hydrogen-bond donors (Lipinski definition) is 1. The van der Waals surface area contributed by atoms with Crippen LogP contribution in [0.15, 0.2) is 0 Å². The van der Waals surface area contributed by atoms with Crippen molar-refractivity contribution in [1.82, 2.24) is 5.32 Å². The highest BCUT2D eigenvalue weighted by Gasteiger charge is 2.38. The number of nitrogens with one attached hydrogen (secondary N) is 1. The van der Waals surface area contributed by atoms with Gasteiger partial charge in [0.05, 0.1) is 0 Å². The summed E-state index contributed by atoms with van der Waals surface area (Å²) in [6.45, 7) is 10.8. The lowest BCUT2D eigenvalue weighted by molar-refractivity contribution is -0.121. The Labute approximate surface area is 87.5 Å². The van der Waals surface area contributed by atoms with E-state index in [1.54, 1.807) is 0 Å². The van der Waals surface area contributed by atoms with Gasteiger partial charge in [-0.25, -0.2) is 0 Å². The molecule has 0 bridgehead atoms. The Balaban J connectivity index is 2.89. The molecule has 0 radical (unpaired) electrons. The SMILES string of the molecule is CCC1(C)CC(=O)CC(C)(C)C(C)N1. The van der Waals surface area contributed by atoms with Crippen molar-refractivity contribution in [3.8, 4) is 0 Å². The van der Waals surface area contributed by atoms with Gasteiger partial charge in [0.2, 0.25) is 0 Å². The Morgan fingerprint density at radius 1 is 1.36 bits per heavy atom. The van der Waals surface area contributed by atoms with Gasteiger partial charge in [-0.3, -0.25) is 4.79 Å². The molecule has 0 aromatic carbocycles. The van der Waals surface area contributed by atoms with Crippen LogP contribution in [0.3, 0.4) is 0 Å². The van der Waals surface area contributed by atoms with Crippen molar-refractivity contribution in [1.29, 1.82) is 0 Å². The van der Waals surface area contributed by atoms with Gasteiger partial charge in [-0.2, -0.15) is 0 Å². The van der Waals surface area contributed by atoms with Crippen molar-refractivity contribution in [2.75, 3.05) is 0 Å². The van der Waals surface area contributed by atoms with Gasteiger partial charge in [0.1, 0.15) is 5.78 Å². The fraction of sp³-hybridized carbons (Fsp3) is 0.917. The van der Waals surface area contributed by atoms with Crippen LogP contribution in [0.25, 0.3) is 0 Å². The monoisotopic (exact) mass is 197 g/mol. The zero-order chi connectivity index (χ0) is 11.0. The summed E-state index contributed by atoms with van der Waals surface area (Å²) in [5.41, 5.74) is 0.0916. The highest BCUT2D eigenvalue weighted by atomic mass is 16.1. The molecule has 14 heavy (non-hydrogen) atoms. The molecule has 1 fully saturated rings. The Hall–Kier alpha value is -0.370. The number of hydrogen-bond acceptors (Lipinski definition) is 2. The zero-order valence-corrected chi connectivity index (χ0v) is 10.1. The number of rotatable bonds is 1. The van der Waals surface area contributed by atoms with Crippen LogP contribution in [0.5, 0.6) is 0 Å². The molecule has 2 atom stereocenters. The number of Topliss-reactive ketones (excluding diaryl/α,β-unsaturated/α-hetero) is 1. The lowest BCUT2D eigenvalue weighted by Crippen LogP contribution is -2.49. The van der Waals surface area contributed by atoms with Gasteiger partial charge in [0, 0.05) is 24.4 Å². The van der Waals surface area contributed by atoms with Gasteiger partial charge in [-0.05, 0) is 25.7 Å². The summed E-state index contributed by atoms with van der Waals surface area (Å²) in [7, 11) is 0. The third-order valence-corrected chi connectivity index (χ3v) is 3.76. The molecular weight excluding hydrogens is 174 g/mol. The fourth-order valence-electron chi connectivity index (χ4n) is 2.16. The Kier molecular flexibility index (Phi) is 3.05. The van der Waals surface area contributed by atoms with E-state index in [1.165, 1.54) is 0 Å². The van der Waals surface area contributed by atoms with E-state index in [-0.39, 0.29) is 11.0 Å². The van der Waals surface area contributed by atoms with E-state index in [0.29, 0.717) is 24.7 Å². The average molecular weight is 197 g/mol. The predicted molar refractivity (Wildman–Crippen MR) is 59.3 cm³/mol. The van der Waals surface area contributed by atoms with Crippen LogP contribution in [0, 0.1) is 5.41 Å². The summed E-state index contributed by atoms with van der Waals surface area (Å²) in [6, 6.07) is 0.402. The largest absolute Gasteiger partial charge is 0.308 e. The minimum absolute atomic E-state index is 0.00424. The number of carbonyl (C=O) groups is 1. The van der Waals surface area contributed by atoms with Gasteiger partial charge in [-0.1, -0.05) is 20.8 Å². The molecule has 0 spiro atoms. The molecule has 1 N–H and O–H groups in total. The summed E-state index contributed by atoms with van der Waals surface area (Å²) in [5.74, 6) is 0.399. The summed E-state index contributed by atoms with van der Waals surface area (Å²) in [5, 5.41) is 3.60. The maximum absolute atomic E-state index is 11.8. The van der Waals surface area contributed by atoms with E-state index in [2.05, 4.69) is 39.9 Å². The highest BCUT2D eigenvalue weighted by molar-refractivity contribution is 5.80. The molecule has 1 heterocycles. The lowest BCUT2D eigenvalue weighted by Gasteiger charge is -2.35. The van der Waals surface area contributed by atoms with Crippen LogP contribution in [0.2, 0.25) is 0 Å². The standard InChI is InChI=1S/C12H23NO/c1-6-12(5)8-10(14)7-11(3,4)9(2)13-12/h9,13H,6-8H2,1-5H3. The van der Waals surface area contributed by atoms with E-state index in [0.717, 1.165) is 6.42 Å². The smallest absolute Gasteiger partial charge is 0.135 e. The normalized spacial score (nSPS) is 38.1. The third-order valence-electron chi connectivity index (χ3n) is 3.76. The first-order valence-corrected chi connectivity index (χ1v) is 5.58. The second-order valence-corrected chi connectivity index (χ2v) is 5.66. The zero-order valence-electron chi connectivity index (χ0n) is 10.1. The molecule has 1 rings (SSSR count). The van der Waals surface area contributed by atoms with E-state index in [4.69, 9.17) is 0 Å². The summed E-state index contributed by atoms with van der Waals surface area (Å²) in [6.07, 6.45) is 2.40. The predicted octanol–water partition coefficient (Wildman–Crippen LogP) is 2.52. The van der Waals surface area contributed by atoms with Gasteiger partial charge >= 0.3 is 0 Å². The number of ketones is 1. The maximum Gasteiger partial charge on any atom is 0.135 e. The van der Waals surface area contributed by atoms with Crippen LogP contribution in [0.1, 0.15) is 53.9 Å². The van der Waals surface area contributed by atoms with Crippen molar-refractivity contribution < 1.29 is 4.79 Å². The number of carbonyl (C=O) groups excluding carboxylic acids is 1. The van der Waals surface area contributed by atoms with Crippen molar-refractivity contribution in [3.63, 3.8) is 0 Å². The molecule has 2 heteroatoms. The first-order valence-electron chi connectivity index (χ1n) is 5.58. The van der Waals surface area contributed by atoms with Gasteiger partial charge in [-0.15, -0.1) is 0 Å². The lowest BCUT2D eigenvalue weighted by atomic mass is 9.81. The quantitative estimate of drug-likeness (QED) is 0.700. The van der Waals surface area contributed by atoms with Crippen molar-refractivity contribution >= 4 is 5.78 Å². The molecule has 1 saturated heterocycles. The minimum Gasteiger partial charge on any atom is -0.308 e. The van der Waals surface area contributed by atoms with Crippen molar-refractivity contribution in [2.45, 2.75) is 65.5 Å². The first-order chi connectivity index (χ1) is 6.29. The second-order valence-electron chi connectivity index (χ2n) is 5.66. The fourth-order valence-corrected chi connectivity index (χ4v) is 2.16. The summed E-state index contributed by atoms with van der Waals surface area (Å²) >= 11 is 0. The first kappa shape index (κ1) is 11.7. The summed E-state index contributed by atoms with van der Waals surface area (Å²) < 4.78 is 0. The van der Waals surface area contributed by atoms with Crippen LogP contribution < -0.4 is 5.32 Å². The Morgan fingerprint density at radius 3 is 2.43 bits per heavy atom. The van der Waals surface area contributed by atoms with Gasteiger partial charge in [0.25, 0.3) is 0 Å². The van der Waals surface area contributed by atoms with Gasteiger partial charge < -0.3 is 5.32 Å². The van der Waals surface area contributed by atoms with E-state index in [1.807, 2.05) is 0 Å². The Morgan fingerprint density at radius 2 is 1.93 bits per heavy atom. The third kappa shape index (κ3) is 2.35. The molecule has 1 aliphatic heterocycles. The van der Waals surface area contributed by atoms with Crippen LogP contribution in [0.4, 0.5) is 0 Å². The van der Waals surface area contributed by atoms with Crippen LogP contribution in [-0.2, 0) is 4.79 Å². The van der Waals surface area contributed by atoms with Crippen LogP contribution in [-0.4, -0.2) is 17.4 Å². The molecule has 82 valence electrons. The topological polar surface area (TPSA) is 29.1 Å². The maximum atomic E-state index is 11.8. The molecule has 0 aromatic heterocycles. The van der Waals surface area contributed by atoms with E-state index in [9.17, 15) is 4.79 Å². The highest BCUT2D eigenvalue weighted by Crippen LogP contribution is 2.33. The van der Waals surface area contributed by atoms with Crippen molar-refractivity contribution in [3.05, 3.63) is 0 Å². The summed E-state index contributed by atoms with van der Waals surface area (Å²) in [4.78, 5) is 11.8. The van der Waals surface area contributed by atoms with Crippen molar-refractivity contribution in [2.24, 2.45) is 5.41 Å². The Bertz CT molecular complexity index is 234. The molecule has 0 aliphatic carbocycles. The molecule has 0 aromatic rings. The van der Waals surface area contributed by atoms with Gasteiger partial charge in [0.15, 0.2) is 0 Å². The average Bonchev–Trinajstić information content (AvgIpc) is 2.08. The molecule has 1 aliphatic rings. The van der Waals surface area contributed by atoms with E-state index >= 15 is 0 Å². The molecule has 2 nitrogen and oxygen atoms in total. The van der Waals surface area contributed by atoms with Crippen LogP contribution >= 0.6 is 0 Å². The molecule has 0 saturated carbocycles. The second kappa shape index (κ2) is 3.65.